The molecule has 0 radical (unpaired) electrons. The molecule has 0 atom stereocenters. The van der Waals surface area contributed by atoms with Crippen LogP contribution in [0.15, 0.2) is 64.4 Å². The molecule has 2 aromatic rings. The first-order valence-corrected chi connectivity index (χ1v) is 7.06. The molecule has 0 aliphatic rings. The predicted octanol–water partition coefficient (Wildman–Crippen LogP) is 3.58. The van der Waals surface area contributed by atoms with Gasteiger partial charge in [0.2, 0.25) is 0 Å². The summed E-state index contributed by atoms with van der Waals surface area (Å²) < 4.78 is 4.69. The van der Waals surface area contributed by atoms with E-state index in [-0.39, 0.29) is 6.61 Å². The second-order valence-corrected chi connectivity index (χ2v) is 5.14. The summed E-state index contributed by atoms with van der Waals surface area (Å²) in [6.45, 7) is 1.87. The van der Waals surface area contributed by atoms with Gasteiger partial charge in [0.25, 0.3) is 5.78 Å². The largest absolute Gasteiger partial charge is 0.460 e. The van der Waals surface area contributed by atoms with Crippen LogP contribution in [0.4, 0.5) is 0 Å². The van der Waals surface area contributed by atoms with Gasteiger partial charge in [-0.25, -0.2) is 4.79 Å². The SMILES string of the molecule is CCOC(=O)C(=O)c1ccc(Sc2ccccc2)cc1. The molecule has 0 heterocycles. The van der Waals surface area contributed by atoms with Crippen LogP contribution in [-0.2, 0) is 9.53 Å². The Hall–Kier alpha value is -2.07. The Bertz CT molecular complexity index is 591. The van der Waals surface area contributed by atoms with Crippen molar-refractivity contribution in [3.05, 3.63) is 60.2 Å². The molecule has 0 amide bonds. The Kier molecular flexibility index (Phi) is 4.96. The highest BCUT2D eigenvalue weighted by Gasteiger charge is 2.16. The molecule has 0 N–H and O–H groups in total. The molecule has 0 bridgehead atoms. The molecular weight excluding hydrogens is 272 g/mol. The number of hydrogen-bond donors (Lipinski definition) is 0. The number of ether oxygens (including phenoxy) is 1. The van der Waals surface area contributed by atoms with E-state index < -0.39 is 11.8 Å². The van der Waals surface area contributed by atoms with E-state index in [1.807, 2.05) is 42.5 Å². The second-order valence-electron chi connectivity index (χ2n) is 3.99. The number of hydrogen-bond acceptors (Lipinski definition) is 4. The number of esters is 1. The molecule has 0 spiro atoms. The summed E-state index contributed by atoms with van der Waals surface area (Å²) in [6, 6.07) is 16.9. The minimum absolute atomic E-state index is 0.201. The van der Waals surface area contributed by atoms with Gasteiger partial charge in [0.1, 0.15) is 0 Å². The summed E-state index contributed by atoms with van der Waals surface area (Å²) in [4.78, 5) is 25.2. The van der Waals surface area contributed by atoms with Crippen molar-refractivity contribution in [1.29, 1.82) is 0 Å². The second kappa shape index (κ2) is 6.91. The normalized spacial score (nSPS) is 10.1. The van der Waals surface area contributed by atoms with Gasteiger partial charge < -0.3 is 4.74 Å². The first-order chi connectivity index (χ1) is 9.70. The van der Waals surface area contributed by atoms with Crippen LogP contribution < -0.4 is 0 Å². The molecule has 0 saturated carbocycles. The zero-order valence-corrected chi connectivity index (χ0v) is 11.9. The minimum atomic E-state index is -0.809. The van der Waals surface area contributed by atoms with E-state index >= 15 is 0 Å². The van der Waals surface area contributed by atoms with Crippen LogP contribution in [0, 0.1) is 0 Å². The monoisotopic (exact) mass is 286 g/mol. The molecule has 102 valence electrons. The van der Waals surface area contributed by atoms with Gasteiger partial charge in [0.05, 0.1) is 6.61 Å². The van der Waals surface area contributed by atoms with Gasteiger partial charge in [-0.2, -0.15) is 0 Å². The Morgan fingerprint density at radius 1 is 0.950 bits per heavy atom. The highest BCUT2D eigenvalue weighted by atomic mass is 32.2. The van der Waals surface area contributed by atoms with E-state index in [0.29, 0.717) is 5.56 Å². The lowest BCUT2D eigenvalue weighted by atomic mass is 10.1. The van der Waals surface area contributed by atoms with Crippen LogP contribution in [0.3, 0.4) is 0 Å². The van der Waals surface area contributed by atoms with Gasteiger partial charge in [0, 0.05) is 15.4 Å². The summed E-state index contributed by atoms with van der Waals surface area (Å²) in [6.07, 6.45) is 0. The smallest absolute Gasteiger partial charge is 0.379 e. The summed E-state index contributed by atoms with van der Waals surface area (Å²) in [7, 11) is 0. The average Bonchev–Trinajstić information content (AvgIpc) is 2.48. The Labute approximate surface area is 122 Å². The van der Waals surface area contributed by atoms with Gasteiger partial charge in [-0.15, -0.1) is 0 Å². The van der Waals surface area contributed by atoms with E-state index in [0.717, 1.165) is 9.79 Å². The zero-order chi connectivity index (χ0) is 14.4. The van der Waals surface area contributed by atoms with Crippen LogP contribution in [0.25, 0.3) is 0 Å². The highest BCUT2D eigenvalue weighted by Crippen LogP contribution is 2.27. The Morgan fingerprint density at radius 2 is 1.55 bits per heavy atom. The number of carbonyl (C=O) groups is 2. The molecule has 0 aromatic heterocycles. The van der Waals surface area contributed by atoms with E-state index in [4.69, 9.17) is 4.74 Å². The predicted molar refractivity (Wildman–Crippen MR) is 78.0 cm³/mol. The van der Waals surface area contributed by atoms with Crippen molar-refractivity contribution in [3.63, 3.8) is 0 Å². The number of Topliss-reactive ketones (excluding diaryl/α,β-unsaturated/α-hetero) is 1. The lowest BCUT2D eigenvalue weighted by molar-refractivity contribution is -0.137. The molecule has 3 nitrogen and oxygen atoms in total. The van der Waals surface area contributed by atoms with Crippen molar-refractivity contribution in [1.82, 2.24) is 0 Å². The van der Waals surface area contributed by atoms with Crippen LogP contribution in [-0.4, -0.2) is 18.4 Å². The van der Waals surface area contributed by atoms with E-state index in [9.17, 15) is 9.59 Å². The molecule has 0 unspecified atom stereocenters. The molecule has 4 heteroatoms. The maximum atomic E-state index is 11.7. The molecule has 2 aromatic carbocycles. The van der Waals surface area contributed by atoms with Crippen LogP contribution in [0.5, 0.6) is 0 Å². The molecule has 0 aliphatic heterocycles. The zero-order valence-electron chi connectivity index (χ0n) is 11.0. The van der Waals surface area contributed by atoms with E-state index in [1.54, 1.807) is 30.8 Å². The van der Waals surface area contributed by atoms with E-state index in [2.05, 4.69) is 0 Å². The fraction of sp³-hybridized carbons (Fsp3) is 0.125. The van der Waals surface area contributed by atoms with Crippen LogP contribution >= 0.6 is 11.8 Å². The summed E-state index contributed by atoms with van der Waals surface area (Å²) >= 11 is 1.60. The topological polar surface area (TPSA) is 43.4 Å². The standard InChI is InChI=1S/C16H14O3S/c1-2-19-16(18)15(17)12-8-10-14(11-9-12)20-13-6-4-3-5-7-13/h3-11H,2H2,1H3. The van der Waals surface area contributed by atoms with Gasteiger partial charge in [-0.05, 0) is 43.3 Å². The Morgan fingerprint density at radius 3 is 2.15 bits per heavy atom. The highest BCUT2D eigenvalue weighted by molar-refractivity contribution is 7.99. The third-order valence-corrected chi connectivity index (χ3v) is 3.57. The molecule has 20 heavy (non-hydrogen) atoms. The van der Waals surface area contributed by atoms with Crippen LogP contribution in [0.2, 0.25) is 0 Å². The van der Waals surface area contributed by atoms with Gasteiger partial charge in [-0.1, -0.05) is 30.0 Å². The fourth-order valence-corrected chi connectivity index (χ4v) is 2.45. The molecule has 2 rings (SSSR count). The van der Waals surface area contributed by atoms with Gasteiger partial charge in [0.15, 0.2) is 0 Å². The quantitative estimate of drug-likeness (QED) is 0.478. The van der Waals surface area contributed by atoms with Gasteiger partial charge >= 0.3 is 5.97 Å². The van der Waals surface area contributed by atoms with E-state index in [1.165, 1.54) is 0 Å². The van der Waals surface area contributed by atoms with Gasteiger partial charge in [-0.3, -0.25) is 4.79 Å². The lowest BCUT2D eigenvalue weighted by Gasteiger charge is -2.03. The first kappa shape index (κ1) is 14.3. The third kappa shape index (κ3) is 3.71. The molecular formula is C16H14O3S. The van der Waals surface area contributed by atoms with Crippen LogP contribution in [0.1, 0.15) is 17.3 Å². The molecule has 0 saturated heterocycles. The van der Waals surface area contributed by atoms with Crippen molar-refractivity contribution in [2.45, 2.75) is 16.7 Å². The maximum absolute atomic E-state index is 11.7. The number of ketones is 1. The average molecular weight is 286 g/mol. The first-order valence-electron chi connectivity index (χ1n) is 6.25. The number of rotatable bonds is 5. The van der Waals surface area contributed by atoms with Crippen molar-refractivity contribution < 1.29 is 14.3 Å². The van der Waals surface area contributed by atoms with Crippen molar-refractivity contribution in [2.75, 3.05) is 6.61 Å². The summed E-state index contributed by atoms with van der Waals surface area (Å²) in [5.74, 6) is -1.42. The number of benzene rings is 2. The third-order valence-electron chi connectivity index (χ3n) is 2.56. The molecule has 0 fully saturated rings. The number of carbonyl (C=O) groups excluding carboxylic acids is 2. The maximum Gasteiger partial charge on any atom is 0.379 e. The summed E-state index contributed by atoms with van der Waals surface area (Å²) in [5.41, 5.74) is 0.348. The van der Waals surface area contributed by atoms with Crippen molar-refractivity contribution >= 4 is 23.5 Å². The Balaban J connectivity index is 2.07. The minimum Gasteiger partial charge on any atom is -0.460 e. The fourth-order valence-electron chi connectivity index (χ4n) is 1.61. The molecule has 0 aliphatic carbocycles. The summed E-state index contributed by atoms with van der Waals surface area (Å²) in [5, 5.41) is 0. The van der Waals surface area contributed by atoms with Crippen molar-refractivity contribution in [2.24, 2.45) is 0 Å². The van der Waals surface area contributed by atoms with Crippen molar-refractivity contribution in [3.8, 4) is 0 Å². The lowest BCUT2D eigenvalue weighted by Crippen LogP contribution is -2.17.